The van der Waals surface area contributed by atoms with E-state index in [1.807, 2.05) is 36.4 Å². The molecule has 0 spiro atoms. The van der Waals surface area contributed by atoms with Crippen LogP contribution in [0.3, 0.4) is 0 Å². The number of para-hydroxylation sites is 1. The second-order valence-electron chi connectivity index (χ2n) is 7.71. The van der Waals surface area contributed by atoms with Crippen molar-refractivity contribution >= 4 is 34.5 Å². The summed E-state index contributed by atoms with van der Waals surface area (Å²) in [6.07, 6.45) is 0.118. The minimum atomic E-state index is -1.35. The molecule has 34 heavy (non-hydrogen) atoms. The molecule has 0 unspecified atom stereocenters. The van der Waals surface area contributed by atoms with Gasteiger partial charge in [-0.2, -0.15) is 0 Å². The van der Waals surface area contributed by atoms with Gasteiger partial charge in [-0.25, -0.2) is 4.98 Å². The van der Waals surface area contributed by atoms with E-state index in [0.717, 1.165) is 22.9 Å². The SMILES string of the molecule is O=C(CSc1nc2ccccc2c(=O)n1Cc1ccccc1)N[C@H](Cc1ccccc1)C(=O)[O-]. The quantitative estimate of drug-likeness (QED) is 0.295. The molecule has 172 valence electrons. The van der Waals surface area contributed by atoms with Crippen LogP contribution in [0, 0.1) is 0 Å². The standard InChI is InChI=1S/C26H23N3O4S/c30-23(27-22(25(32)33)15-18-9-3-1-4-10-18)17-34-26-28-21-14-8-7-13-20(21)24(31)29(26)16-19-11-5-2-6-12-19/h1-14,22H,15-17H2,(H,27,30)(H,32,33)/p-1/t22-/m1/s1. The highest BCUT2D eigenvalue weighted by Crippen LogP contribution is 2.19. The summed E-state index contributed by atoms with van der Waals surface area (Å²) in [4.78, 5) is 42.0. The topological polar surface area (TPSA) is 104 Å². The third-order valence-corrected chi connectivity index (χ3v) is 6.22. The van der Waals surface area contributed by atoms with Gasteiger partial charge < -0.3 is 15.2 Å². The molecule has 1 N–H and O–H groups in total. The van der Waals surface area contributed by atoms with Crippen molar-refractivity contribution in [1.29, 1.82) is 0 Å². The molecule has 7 nitrogen and oxygen atoms in total. The number of nitrogens with zero attached hydrogens (tertiary/aromatic N) is 2. The van der Waals surface area contributed by atoms with Crippen LogP contribution >= 0.6 is 11.8 Å². The number of thioether (sulfide) groups is 1. The number of carbonyl (C=O) groups is 2. The van der Waals surface area contributed by atoms with Crippen LogP contribution in [0.2, 0.25) is 0 Å². The second kappa shape index (κ2) is 10.8. The average Bonchev–Trinajstić information content (AvgIpc) is 2.85. The lowest BCUT2D eigenvalue weighted by Crippen LogP contribution is -2.49. The maximum absolute atomic E-state index is 13.2. The first-order chi connectivity index (χ1) is 16.5. The second-order valence-corrected chi connectivity index (χ2v) is 8.65. The van der Waals surface area contributed by atoms with Crippen LogP contribution in [-0.2, 0) is 22.6 Å². The van der Waals surface area contributed by atoms with Crippen LogP contribution in [0.25, 0.3) is 10.9 Å². The lowest BCUT2D eigenvalue weighted by atomic mass is 10.1. The summed E-state index contributed by atoms with van der Waals surface area (Å²) >= 11 is 1.09. The Balaban J connectivity index is 1.53. The summed E-state index contributed by atoms with van der Waals surface area (Å²) in [6.45, 7) is 0.303. The van der Waals surface area contributed by atoms with Gasteiger partial charge in [-0.15, -0.1) is 0 Å². The highest BCUT2D eigenvalue weighted by atomic mass is 32.2. The largest absolute Gasteiger partial charge is 0.548 e. The lowest BCUT2D eigenvalue weighted by molar-refractivity contribution is -0.308. The fraction of sp³-hybridized carbons (Fsp3) is 0.154. The number of rotatable bonds is 9. The predicted octanol–water partition coefficient (Wildman–Crippen LogP) is 2.01. The van der Waals surface area contributed by atoms with E-state index in [4.69, 9.17) is 0 Å². The molecule has 0 aliphatic rings. The summed E-state index contributed by atoms with van der Waals surface area (Å²) in [5.41, 5.74) is 2.04. The van der Waals surface area contributed by atoms with Crippen molar-refractivity contribution < 1.29 is 14.7 Å². The Bertz CT molecular complexity index is 1360. The highest BCUT2D eigenvalue weighted by Gasteiger charge is 2.17. The number of carbonyl (C=O) groups excluding carboxylic acids is 2. The molecule has 0 bridgehead atoms. The van der Waals surface area contributed by atoms with Gasteiger partial charge in [0.25, 0.3) is 5.56 Å². The zero-order valence-corrected chi connectivity index (χ0v) is 19.0. The Morgan fingerprint density at radius 1 is 0.912 bits per heavy atom. The van der Waals surface area contributed by atoms with Crippen molar-refractivity contribution in [3.63, 3.8) is 0 Å². The Labute approximate surface area is 200 Å². The first kappa shape index (κ1) is 23.3. The molecule has 8 heteroatoms. The van der Waals surface area contributed by atoms with Crippen molar-refractivity contribution in [3.8, 4) is 0 Å². The molecular formula is C26H22N3O4S-. The van der Waals surface area contributed by atoms with Gasteiger partial charge in [0.2, 0.25) is 5.91 Å². The van der Waals surface area contributed by atoms with Crippen molar-refractivity contribution in [2.75, 3.05) is 5.75 Å². The molecule has 1 heterocycles. The summed E-state index contributed by atoms with van der Waals surface area (Å²) in [5, 5.41) is 15.0. The fourth-order valence-corrected chi connectivity index (χ4v) is 4.38. The van der Waals surface area contributed by atoms with Gasteiger partial charge in [-0.05, 0) is 29.7 Å². The first-order valence-corrected chi connectivity index (χ1v) is 11.7. The Morgan fingerprint density at radius 2 is 1.53 bits per heavy atom. The summed E-state index contributed by atoms with van der Waals surface area (Å²) in [7, 11) is 0. The van der Waals surface area contributed by atoms with E-state index in [-0.39, 0.29) is 17.7 Å². The van der Waals surface area contributed by atoms with E-state index >= 15 is 0 Å². The van der Waals surface area contributed by atoms with Gasteiger partial charge in [0, 0.05) is 0 Å². The number of hydrogen-bond acceptors (Lipinski definition) is 6. The molecule has 4 aromatic rings. The molecule has 1 aromatic heterocycles. The molecule has 0 radical (unpaired) electrons. The van der Waals surface area contributed by atoms with E-state index in [0.29, 0.717) is 22.6 Å². The Hall–Kier alpha value is -3.91. The van der Waals surface area contributed by atoms with Gasteiger partial charge in [0.05, 0.1) is 35.2 Å². The number of aliphatic carboxylic acids is 1. The van der Waals surface area contributed by atoms with E-state index in [2.05, 4.69) is 10.3 Å². The fourth-order valence-electron chi connectivity index (χ4n) is 3.57. The number of amides is 1. The number of fused-ring (bicyclic) bond motifs is 1. The zero-order chi connectivity index (χ0) is 23.9. The smallest absolute Gasteiger partial charge is 0.262 e. The Kier molecular flexibility index (Phi) is 7.39. The molecule has 3 aromatic carbocycles. The van der Waals surface area contributed by atoms with Crippen LogP contribution in [0.4, 0.5) is 0 Å². The van der Waals surface area contributed by atoms with E-state index in [1.54, 1.807) is 48.5 Å². The maximum Gasteiger partial charge on any atom is 0.262 e. The molecule has 0 aliphatic carbocycles. The van der Waals surface area contributed by atoms with Crippen LogP contribution in [0.15, 0.2) is 94.9 Å². The Morgan fingerprint density at radius 3 is 2.21 bits per heavy atom. The zero-order valence-electron chi connectivity index (χ0n) is 18.2. The molecule has 0 fully saturated rings. The molecule has 4 rings (SSSR count). The van der Waals surface area contributed by atoms with Gasteiger partial charge in [0.1, 0.15) is 0 Å². The monoisotopic (exact) mass is 472 g/mol. The summed E-state index contributed by atoms with van der Waals surface area (Å²) in [6, 6.07) is 24.4. The number of aromatic nitrogens is 2. The number of carboxylic acid groups (broad SMARTS) is 1. The minimum absolute atomic E-state index is 0.0991. The van der Waals surface area contributed by atoms with Gasteiger partial charge >= 0.3 is 0 Å². The summed E-state index contributed by atoms with van der Waals surface area (Å²) < 4.78 is 1.54. The lowest BCUT2D eigenvalue weighted by Gasteiger charge is -2.20. The molecular weight excluding hydrogens is 450 g/mol. The average molecular weight is 473 g/mol. The highest BCUT2D eigenvalue weighted by molar-refractivity contribution is 7.99. The third-order valence-electron chi connectivity index (χ3n) is 5.24. The van der Waals surface area contributed by atoms with Crippen LogP contribution < -0.4 is 16.0 Å². The summed E-state index contributed by atoms with van der Waals surface area (Å²) in [5.74, 6) is -1.94. The van der Waals surface area contributed by atoms with Gasteiger partial charge in [-0.3, -0.25) is 14.2 Å². The normalized spacial score (nSPS) is 11.8. The van der Waals surface area contributed by atoms with Crippen molar-refractivity contribution in [1.82, 2.24) is 14.9 Å². The molecule has 1 amide bonds. The first-order valence-electron chi connectivity index (χ1n) is 10.7. The predicted molar refractivity (Wildman–Crippen MR) is 129 cm³/mol. The van der Waals surface area contributed by atoms with Crippen LogP contribution in [0.1, 0.15) is 11.1 Å². The third kappa shape index (κ3) is 5.71. The molecule has 0 saturated carbocycles. The van der Waals surface area contributed by atoms with E-state index < -0.39 is 17.9 Å². The molecule has 0 aliphatic heterocycles. The number of nitrogens with one attached hydrogen (secondary N) is 1. The number of benzene rings is 3. The number of carboxylic acids is 1. The van der Waals surface area contributed by atoms with Crippen LogP contribution in [-0.4, -0.2) is 33.2 Å². The van der Waals surface area contributed by atoms with Gasteiger partial charge in [0.15, 0.2) is 5.16 Å². The van der Waals surface area contributed by atoms with Crippen molar-refractivity contribution in [2.24, 2.45) is 0 Å². The van der Waals surface area contributed by atoms with Crippen LogP contribution in [0.5, 0.6) is 0 Å². The van der Waals surface area contributed by atoms with E-state index in [1.165, 1.54) is 4.57 Å². The molecule has 1 atom stereocenters. The van der Waals surface area contributed by atoms with Crippen molar-refractivity contribution in [3.05, 3.63) is 106 Å². The van der Waals surface area contributed by atoms with Crippen molar-refractivity contribution in [2.45, 2.75) is 24.2 Å². The van der Waals surface area contributed by atoms with Gasteiger partial charge in [-0.1, -0.05) is 84.6 Å². The van der Waals surface area contributed by atoms with E-state index in [9.17, 15) is 19.5 Å². The molecule has 0 saturated heterocycles. The number of hydrogen-bond donors (Lipinski definition) is 1. The maximum atomic E-state index is 13.2. The minimum Gasteiger partial charge on any atom is -0.548 e.